The minimum Gasteiger partial charge on any atom is -0.481 e. The first-order chi connectivity index (χ1) is 8.04. The van der Waals surface area contributed by atoms with Gasteiger partial charge in [-0.15, -0.1) is 0 Å². The third-order valence-corrected chi connectivity index (χ3v) is 4.44. The van der Waals surface area contributed by atoms with Crippen LogP contribution in [0.3, 0.4) is 0 Å². The molecule has 0 saturated carbocycles. The minimum atomic E-state index is -0.625. The van der Waals surface area contributed by atoms with Gasteiger partial charge >= 0.3 is 5.97 Å². The van der Waals surface area contributed by atoms with Crippen LogP contribution >= 0.6 is 0 Å². The second-order valence-corrected chi connectivity index (χ2v) is 5.60. The van der Waals surface area contributed by atoms with Crippen molar-refractivity contribution in [3.8, 4) is 0 Å². The minimum absolute atomic E-state index is 0.534. The molecule has 1 saturated heterocycles. The molecule has 0 aromatic rings. The molecule has 1 atom stereocenters. The van der Waals surface area contributed by atoms with Gasteiger partial charge < -0.3 is 10.0 Å². The summed E-state index contributed by atoms with van der Waals surface area (Å²) >= 11 is 0. The summed E-state index contributed by atoms with van der Waals surface area (Å²) in [4.78, 5) is 13.8. The van der Waals surface area contributed by atoms with Gasteiger partial charge in [-0.3, -0.25) is 4.79 Å². The monoisotopic (exact) mass is 241 g/mol. The van der Waals surface area contributed by atoms with Crippen molar-refractivity contribution in [2.75, 3.05) is 19.6 Å². The van der Waals surface area contributed by atoms with Crippen LogP contribution in [-0.4, -0.2) is 35.6 Å². The SMILES string of the molecule is CCC(CC)(CN1CCCC(C)CC1)C(=O)O. The van der Waals surface area contributed by atoms with E-state index in [0.29, 0.717) is 0 Å². The molecule has 3 nitrogen and oxygen atoms in total. The fraction of sp³-hybridized carbons (Fsp3) is 0.929. The molecule has 1 aliphatic rings. The van der Waals surface area contributed by atoms with Crippen molar-refractivity contribution in [2.45, 2.75) is 52.9 Å². The molecule has 1 N–H and O–H groups in total. The molecule has 0 spiro atoms. The number of hydrogen-bond donors (Lipinski definition) is 1. The predicted octanol–water partition coefficient (Wildman–Crippen LogP) is 3.00. The van der Waals surface area contributed by atoms with Crippen LogP contribution in [0.5, 0.6) is 0 Å². The third kappa shape index (κ3) is 3.70. The lowest BCUT2D eigenvalue weighted by Crippen LogP contribution is -2.43. The summed E-state index contributed by atoms with van der Waals surface area (Å²) in [6.45, 7) is 9.15. The highest BCUT2D eigenvalue weighted by molar-refractivity contribution is 5.74. The molecular formula is C14H27NO2. The van der Waals surface area contributed by atoms with Gasteiger partial charge in [0.25, 0.3) is 0 Å². The van der Waals surface area contributed by atoms with Crippen LogP contribution < -0.4 is 0 Å². The second-order valence-electron chi connectivity index (χ2n) is 5.60. The summed E-state index contributed by atoms with van der Waals surface area (Å²) in [6.07, 6.45) is 5.16. The average molecular weight is 241 g/mol. The maximum atomic E-state index is 11.5. The Morgan fingerprint density at radius 3 is 2.47 bits per heavy atom. The number of likely N-dealkylation sites (tertiary alicyclic amines) is 1. The van der Waals surface area contributed by atoms with Crippen molar-refractivity contribution >= 4 is 5.97 Å². The summed E-state index contributed by atoms with van der Waals surface area (Å²) in [7, 11) is 0. The number of hydrogen-bond acceptors (Lipinski definition) is 2. The Balaban J connectivity index is 2.63. The molecule has 0 aromatic heterocycles. The first kappa shape index (κ1) is 14.5. The van der Waals surface area contributed by atoms with Gasteiger partial charge in [-0.25, -0.2) is 0 Å². The van der Waals surface area contributed by atoms with Crippen LogP contribution in [0.4, 0.5) is 0 Å². The van der Waals surface area contributed by atoms with E-state index in [-0.39, 0.29) is 0 Å². The van der Waals surface area contributed by atoms with Gasteiger partial charge in [0.2, 0.25) is 0 Å². The molecule has 1 unspecified atom stereocenters. The summed E-state index contributed by atoms with van der Waals surface area (Å²) in [6, 6.07) is 0. The topological polar surface area (TPSA) is 40.5 Å². The van der Waals surface area contributed by atoms with Crippen LogP contribution in [-0.2, 0) is 4.79 Å². The van der Waals surface area contributed by atoms with Gasteiger partial charge in [-0.1, -0.05) is 20.8 Å². The number of carboxylic acids is 1. The molecule has 0 aromatic carbocycles. The van der Waals surface area contributed by atoms with Crippen molar-refractivity contribution in [3.63, 3.8) is 0 Å². The van der Waals surface area contributed by atoms with Crippen molar-refractivity contribution in [1.82, 2.24) is 4.90 Å². The maximum Gasteiger partial charge on any atom is 0.310 e. The van der Waals surface area contributed by atoms with Crippen molar-refractivity contribution in [2.24, 2.45) is 11.3 Å². The van der Waals surface area contributed by atoms with E-state index in [9.17, 15) is 9.90 Å². The Bertz CT molecular complexity index is 249. The Labute approximate surface area is 105 Å². The number of carboxylic acid groups (broad SMARTS) is 1. The van der Waals surface area contributed by atoms with Crippen molar-refractivity contribution < 1.29 is 9.90 Å². The van der Waals surface area contributed by atoms with Crippen LogP contribution in [0.2, 0.25) is 0 Å². The normalized spacial score (nSPS) is 23.4. The van der Waals surface area contributed by atoms with E-state index >= 15 is 0 Å². The van der Waals surface area contributed by atoms with Gasteiger partial charge in [0.1, 0.15) is 0 Å². The molecule has 0 bridgehead atoms. The van der Waals surface area contributed by atoms with Gasteiger partial charge in [-0.2, -0.15) is 0 Å². The van der Waals surface area contributed by atoms with Crippen molar-refractivity contribution in [3.05, 3.63) is 0 Å². The quantitative estimate of drug-likeness (QED) is 0.804. The van der Waals surface area contributed by atoms with Crippen LogP contribution in [0.15, 0.2) is 0 Å². The second kappa shape index (κ2) is 6.39. The lowest BCUT2D eigenvalue weighted by atomic mass is 9.82. The molecule has 1 aliphatic heterocycles. The molecule has 3 heteroatoms. The number of rotatable bonds is 5. The molecule has 0 aliphatic carbocycles. The number of carbonyl (C=O) groups is 1. The van der Waals surface area contributed by atoms with Gasteiger partial charge in [0, 0.05) is 6.54 Å². The molecule has 1 rings (SSSR count). The first-order valence-electron chi connectivity index (χ1n) is 7.00. The van der Waals surface area contributed by atoms with Gasteiger partial charge in [0.05, 0.1) is 5.41 Å². The van der Waals surface area contributed by atoms with Gasteiger partial charge in [0.15, 0.2) is 0 Å². The van der Waals surface area contributed by atoms with E-state index in [0.717, 1.165) is 38.4 Å². The zero-order valence-corrected chi connectivity index (χ0v) is 11.5. The summed E-state index contributed by atoms with van der Waals surface area (Å²) in [5.74, 6) is 0.169. The Hall–Kier alpha value is -0.570. The summed E-state index contributed by atoms with van der Waals surface area (Å²) in [5, 5.41) is 9.45. The highest BCUT2D eigenvalue weighted by Crippen LogP contribution is 2.29. The molecular weight excluding hydrogens is 214 g/mol. The van der Waals surface area contributed by atoms with E-state index < -0.39 is 11.4 Å². The highest BCUT2D eigenvalue weighted by atomic mass is 16.4. The Morgan fingerprint density at radius 1 is 1.29 bits per heavy atom. The Morgan fingerprint density at radius 2 is 1.94 bits per heavy atom. The molecule has 0 radical (unpaired) electrons. The number of nitrogens with zero attached hydrogens (tertiary/aromatic N) is 1. The average Bonchev–Trinajstić information content (AvgIpc) is 2.51. The van der Waals surface area contributed by atoms with E-state index in [1.807, 2.05) is 13.8 Å². The number of aliphatic carboxylic acids is 1. The third-order valence-electron chi connectivity index (χ3n) is 4.44. The lowest BCUT2D eigenvalue weighted by Gasteiger charge is -2.33. The zero-order valence-electron chi connectivity index (χ0n) is 11.5. The maximum absolute atomic E-state index is 11.5. The predicted molar refractivity (Wildman–Crippen MR) is 70.1 cm³/mol. The van der Waals surface area contributed by atoms with Gasteiger partial charge in [-0.05, 0) is 51.1 Å². The molecule has 1 heterocycles. The fourth-order valence-corrected chi connectivity index (χ4v) is 2.75. The van der Waals surface area contributed by atoms with E-state index in [1.165, 1.54) is 19.3 Å². The van der Waals surface area contributed by atoms with Crippen LogP contribution in [0.25, 0.3) is 0 Å². The van der Waals surface area contributed by atoms with Crippen molar-refractivity contribution in [1.29, 1.82) is 0 Å². The summed E-state index contributed by atoms with van der Waals surface area (Å²) in [5.41, 5.74) is -0.534. The van der Waals surface area contributed by atoms with Crippen LogP contribution in [0.1, 0.15) is 52.9 Å². The highest BCUT2D eigenvalue weighted by Gasteiger charge is 2.36. The van der Waals surface area contributed by atoms with E-state index in [1.54, 1.807) is 0 Å². The van der Waals surface area contributed by atoms with E-state index in [4.69, 9.17) is 0 Å². The molecule has 1 fully saturated rings. The molecule has 17 heavy (non-hydrogen) atoms. The Kier molecular flexibility index (Phi) is 5.44. The van der Waals surface area contributed by atoms with Crippen LogP contribution in [0, 0.1) is 11.3 Å². The molecule has 0 amide bonds. The zero-order chi connectivity index (χ0) is 12.9. The fourth-order valence-electron chi connectivity index (χ4n) is 2.75. The molecule has 100 valence electrons. The standard InChI is InChI=1S/C14H27NO2/c1-4-14(5-2,13(16)17)11-15-9-6-7-12(3)8-10-15/h12H,4-11H2,1-3H3,(H,16,17). The van der Waals surface area contributed by atoms with E-state index in [2.05, 4.69) is 11.8 Å². The first-order valence-corrected chi connectivity index (χ1v) is 7.00. The summed E-state index contributed by atoms with van der Waals surface area (Å²) < 4.78 is 0. The smallest absolute Gasteiger partial charge is 0.310 e. The lowest BCUT2D eigenvalue weighted by molar-refractivity contribution is -0.150. The largest absolute Gasteiger partial charge is 0.481 e.